The first-order chi connectivity index (χ1) is 13.0. The Morgan fingerprint density at radius 1 is 1.37 bits per heavy atom. The van der Waals surface area contributed by atoms with Gasteiger partial charge in [-0.3, -0.25) is 9.59 Å². The summed E-state index contributed by atoms with van der Waals surface area (Å²) >= 11 is 7.21. The van der Waals surface area contributed by atoms with Gasteiger partial charge in [-0.2, -0.15) is 5.10 Å². The smallest absolute Gasteiger partial charge is 0.251 e. The summed E-state index contributed by atoms with van der Waals surface area (Å²) in [4.78, 5) is 35.0. The molecule has 0 radical (unpaired) electrons. The highest BCUT2D eigenvalue weighted by Crippen LogP contribution is 2.24. The Kier molecular flexibility index (Phi) is 6.25. The fourth-order valence-corrected chi connectivity index (χ4v) is 3.26. The van der Waals surface area contributed by atoms with Crippen LogP contribution in [0.1, 0.15) is 19.0 Å². The molecule has 2 N–H and O–H groups in total. The highest BCUT2D eigenvalue weighted by atomic mass is 35.5. The number of halogens is 1. The molecule has 1 amide bonds. The van der Waals surface area contributed by atoms with Crippen LogP contribution in [0.3, 0.4) is 0 Å². The Balaban J connectivity index is 1.70. The summed E-state index contributed by atoms with van der Waals surface area (Å²) in [6, 6.07) is 6.57. The number of aryl methyl sites for hydroxylation is 1. The van der Waals surface area contributed by atoms with Gasteiger partial charge in [-0.05, 0) is 24.6 Å². The van der Waals surface area contributed by atoms with Gasteiger partial charge in [-0.25, -0.2) is 14.6 Å². The molecule has 8 nitrogen and oxygen atoms in total. The van der Waals surface area contributed by atoms with E-state index in [2.05, 4.69) is 25.4 Å². The van der Waals surface area contributed by atoms with E-state index in [9.17, 15) is 9.59 Å². The maximum Gasteiger partial charge on any atom is 0.251 e. The van der Waals surface area contributed by atoms with Crippen molar-refractivity contribution < 1.29 is 4.79 Å². The zero-order valence-electron chi connectivity index (χ0n) is 14.5. The number of carbonyl (C=O) groups excluding carboxylic acids is 1. The van der Waals surface area contributed by atoms with Crippen LogP contribution in [0.2, 0.25) is 5.02 Å². The van der Waals surface area contributed by atoms with Crippen molar-refractivity contribution in [1.82, 2.24) is 24.7 Å². The second kappa shape index (κ2) is 8.83. The molecule has 0 aliphatic carbocycles. The van der Waals surface area contributed by atoms with Crippen LogP contribution in [0.25, 0.3) is 5.69 Å². The summed E-state index contributed by atoms with van der Waals surface area (Å²) in [6.45, 7) is 2.01. The molecule has 3 aromatic rings. The predicted molar refractivity (Wildman–Crippen MR) is 105 cm³/mol. The van der Waals surface area contributed by atoms with E-state index in [4.69, 9.17) is 11.6 Å². The van der Waals surface area contributed by atoms with Gasteiger partial charge < -0.3 is 10.3 Å². The van der Waals surface area contributed by atoms with E-state index in [1.807, 2.05) is 6.92 Å². The molecule has 0 aliphatic heterocycles. The van der Waals surface area contributed by atoms with E-state index >= 15 is 0 Å². The minimum Gasteiger partial charge on any atom is -0.323 e. The Bertz CT molecular complexity index is 989. The number of carbonyl (C=O) groups is 1. The molecule has 0 fully saturated rings. The van der Waals surface area contributed by atoms with Crippen molar-refractivity contribution in [2.45, 2.75) is 24.9 Å². The molecule has 0 aliphatic rings. The van der Waals surface area contributed by atoms with Crippen LogP contribution < -0.4 is 10.9 Å². The number of amides is 1. The van der Waals surface area contributed by atoms with Crippen molar-refractivity contribution in [3.63, 3.8) is 0 Å². The third-order valence-electron chi connectivity index (χ3n) is 3.52. The number of aromatic nitrogens is 5. The zero-order chi connectivity index (χ0) is 19.2. The molecule has 10 heteroatoms. The molecule has 3 rings (SSSR count). The van der Waals surface area contributed by atoms with Crippen LogP contribution in [0, 0.1) is 0 Å². The minimum absolute atomic E-state index is 0.0851. The van der Waals surface area contributed by atoms with Gasteiger partial charge in [0, 0.05) is 16.8 Å². The number of nitrogens with one attached hydrogen (secondary N) is 2. The average Bonchev–Trinajstić information content (AvgIpc) is 3.14. The summed E-state index contributed by atoms with van der Waals surface area (Å²) in [5, 5.41) is 7.79. The van der Waals surface area contributed by atoms with E-state index in [-0.39, 0.29) is 17.2 Å². The number of thioether (sulfide) groups is 1. The van der Waals surface area contributed by atoms with Crippen molar-refractivity contribution in [1.29, 1.82) is 0 Å². The molecule has 0 saturated carbocycles. The summed E-state index contributed by atoms with van der Waals surface area (Å²) in [5.41, 5.74) is 1.65. The number of H-pyrrole nitrogens is 1. The maximum absolute atomic E-state index is 12.4. The third-order valence-corrected chi connectivity index (χ3v) is 4.63. The van der Waals surface area contributed by atoms with Gasteiger partial charge >= 0.3 is 0 Å². The number of rotatable bonds is 7. The fourth-order valence-electron chi connectivity index (χ4n) is 2.40. The van der Waals surface area contributed by atoms with Crippen LogP contribution in [0.5, 0.6) is 0 Å². The van der Waals surface area contributed by atoms with Crippen molar-refractivity contribution in [2.75, 3.05) is 11.1 Å². The van der Waals surface area contributed by atoms with Gasteiger partial charge in [0.05, 0.1) is 17.1 Å². The van der Waals surface area contributed by atoms with Crippen molar-refractivity contribution in [3.05, 3.63) is 58.0 Å². The van der Waals surface area contributed by atoms with Crippen LogP contribution >= 0.6 is 23.4 Å². The molecule has 140 valence electrons. The minimum atomic E-state index is -0.257. The van der Waals surface area contributed by atoms with E-state index < -0.39 is 0 Å². The number of hydrogen-bond donors (Lipinski definition) is 2. The van der Waals surface area contributed by atoms with Gasteiger partial charge in [0.25, 0.3) is 5.56 Å². The summed E-state index contributed by atoms with van der Waals surface area (Å²) in [6.07, 6.45) is 4.54. The van der Waals surface area contributed by atoms with Crippen molar-refractivity contribution in [2.24, 2.45) is 0 Å². The van der Waals surface area contributed by atoms with Gasteiger partial charge in [0.15, 0.2) is 5.16 Å². The number of benzene rings is 1. The second-order valence-electron chi connectivity index (χ2n) is 5.63. The predicted octanol–water partition coefficient (Wildman–Crippen LogP) is 2.69. The van der Waals surface area contributed by atoms with Crippen LogP contribution in [-0.4, -0.2) is 36.4 Å². The Labute approximate surface area is 164 Å². The lowest BCUT2D eigenvalue weighted by Gasteiger charge is -2.11. The average molecular weight is 405 g/mol. The lowest BCUT2D eigenvalue weighted by Crippen LogP contribution is -2.17. The lowest BCUT2D eigenvalue weighted by molar-refractivity contribution is -0.113. The first kappa shape index (κ1) is 19.1. The topological polar surface area (TPSA) is 106 Å². The first-order valence-electron chi connectivity index (χ1n) is 8.22. The van der Waals surface area contributed by atoms with E-state index in [1.165, 1.54) is 23.4 Å². The monoisotopic (exact) mass is 404 g/mol. The van der Waals surface area contributed by atoms with E-state index in [1.54, 1.807) is 18.2 Å². The van der Waals surface area contributed by atoms with Crippen LogP contribution in [-0.2, 0) is 11.2 Å². The lowest BCUT2D eigenvalue weighted by atomic mass is 10.2. The number of hydrogen-bond acceptors (Lipinski definition) is 6. The van der Waals surface area contributed by atoms with Crippen molar-refractivity contribution in [3.8, 4) is 5.69 Å². The molecule has 0 atom stereocenters. The normalized spacial score (nSPS) is 10.7. The molecule has 0 spiro atoms. The van der Waals surface area contributed by atoms with E-state index in [0.29, 0.717) is 33.7 Å². The molecule has 1 aromatic carbocycles. The molecule has 0 unspecified atom stereocenters. The van der Waals surface area contributed by atoms with Gasteiger partial charge in [0.1, 0.15) is 12.7 Å². The summed E-state index contributed by atoms with van der Waals surface area (Å²) in [7, 11) is 0. The number of anilines is 1. The molecular weight excluding hydrogens is 388 g/mol. The Hall–Kier alpha value is -2.65. The summed E-state index contributed by atoms with van der Waals surface area (Å²) in [5.74, 6) is -0.172. The van der Waals surface area contributed by atoms with Gasteiger partial charge in [-0.1, -0.05) is 36.7 Å². The Morgan fingerprint density at radius 2 is 2.22 bits per heavy atom. The van der Waals surface area contributed by atoms with Gasteiger partial charge in [0.2, 0.25) is 5.91 Å². The standard InChI is InChI=1S/C17H17ClN6O2S/c1-2-3-12-7-15(25)23-17(21-12)27-8-16(26)22-13-6-11(18)4-5-14(13)24-10-19-9-20-24/h4-7,9-10H,2-3,8H2,1H3,(H,22,26)(H,21,23,25). The van der Waals surface area contributed by atoms with Gasteiger partial charge in [-0.15, -0.1) is 0 Å². The second-order valence-corrected chi connectivity index (χ2v) is 7.03. The number of aromatic amines is 1. The van der Waals surface area contributed by atoms with Crippen LogP contribution in [0.4, 0.5) is 5.69 Å². The molecule has 0 bridgehead atoms. The van der Waals surface area contributed by atoms with Crippen molar-refractivity contribution >= 4 is 35.0 Å². The fraction of sp³-hybridized carbons (Fsp3) is 0.235. The largest absolute Gasteiger partial charge is 0.323 e. The first-order valence-corrected chi connectivity index (χ1v) is 9.59. The third kappa shape index (κ3) is 5.18. The zero-order valence-corrected chi connectivity index (χ0v) is 16.0. The highest BCUT2D eigenvalue weighted by Gasteiger charge is 2.11. The highest BCUT2D eigenvalue weighted by molar-refractivity contribution is 7.99. The van der Waals surface area contributed by atoms with E-state index in [0.717, 1.165) is 18.2 Å². The SMILES string of the molecule is CCCc1cc(=O)[nH]c(SCC(=O)Nc2cc(Cl)ccc2-n2cncn2)n1. The molecule has 2 heterocycles. The number of nitrogens with zero attached hydrogens (tertiary/aromatic N) is 4. The molecular formula is C17H17ClN6O2S. The molecule has 0 saturated heterocycles. The molecule has 2 aromatic heterocycles. The van der Waals surface area contributed by atoms with Crippen LogP contribution in [0.15, 0.2) is 46.9 Å². The molecule has 27 heavy (non-hydrogen) atoms. The summed E-state index contributed by atoms with van der Waals surface area (Å²) < 4.78 is 1.53. The quantitative estimate of drug-likeness (QED) is 0.463. The Morgan fingerprint density at radius 3 is 2.96 bits per heavy atom. The maximum atomic E-state index is 12.4.